The van der Waals surface area contributed by atoms with Gasteiger partial charge in [-0.1, -0.05) is 12.1 Å². The first-order valence-electron chi connectivity index (χ1n) is 7.49. The van der Waals surface area contributed by atoms with E-state index in [1.807, 2.05) is 0 Å². The monoisotopic (exact) mass is 369 g/mol. The zero-order valence-corrected chi connectivity index (χ0v) is 13.8. The number of nitrogens with zero attached hydrogens (tertiary/aromatic N) is 3. The average molecular weight is 369 g/mol. The molecular formula is C17H11N3O7. The lowest BCUT2D eigenvalue weighted by Crippen LogP contribution is -2.05. The lowest BCUT2D eigenvalue weighted by molar-refractivity contribution is -0.385. The average Bonchev–Trinajstić information content (AvgIpc) is 3.02. The van der Waals surface area contributed by atoms with Gasteiger partial charge in [0.25, 0.3) is 5.69 Å². The van der Waals surface area contributed by atoms with E-state index in [9.17, 15) is 25.0 Å². The van der Waals surface area contributed by atoms with E-state index in [0.29, 0.717) is 5.56 Å². The van der Waals surface area contributed by atoms with E-state index < -0.39 is 15.8 Å². The van der Waals surface area contributed by atoms with Gasteiger partial charge in [0.1, 0.15) is 0 Å². The Balaban J connectivity index is 1.97. The Morgan fingerprint density at radius 3 is 2.56 bits per heavy atom. The number of hydrogen-bond donors (Lipinski definition) is 0. The Bertz CT molecular complexity index is 1030. The number of benzene rings is 2. The normalized spacial score (nSPS) is 14.6. The van der Waals surface area contributed by atoms with Gasteiger partial charge in [0.15, 0.2) is 11.4 Å². The fraction of sp³-hybridized carbons (Fsp3) is 0.0588. The summed E-state index contributed by atoms with van der Waals surface area (Å²) in [6.07, 6.45) is 1.32. The number of rotatable bonds is 5. The summed E-state index contributed by atoms with van der Waals surface area (Å²) in [5.74, 6) is -0.773. The minimum absolute atomic E-state index is 0.0805. The van der Waals surface area contributed by atoms with E-state index in [-0.39, 0.29) is 34.3 Å². The van der Waals surface area contributed by atoms with Crippen LogP contribution in [0.25, 0.3) is 6.08 Å². The molecule has 0 saturated carbocycles. The predicted molar refractivity (Wildman–Crippen MR) is 93.4 cm³/mol. The van der Waals surface area contributed by atoms with Gasteiger partial charge in [-0.05, 0) is 23.8 Å². The summed E-state index contributed by atoms with van der Waals surface area (Å²) < 4.78 is 9.97. The molecule has 27 heavy (non-hydrogen) atoms. The van der Waals surface area contributed by atoms with Crippen molar-refractivity contribution in [2.75, 3.05) is 7.11 Å². The Hall–Kier alpha value is -4.08. The molecule has 0 saturated heterocycles. The first kappa shape index (κ1) is 17.7. The fourth-order valence-corrected chi connectivity index (χ4v) is 2.38. The maximum absolute atomic E-state index is 12.0. The third-order valence-corrected chi connectivity index (χ3v) is 3.63. The highest BCUT2D eigenvalue weighted by Gasteiger charge is 2.25. The summed E-state index contributed by atoms with van der Waals surface area (Å²) in [4.78, 5) is 36.8. The molecule has 0 N–H and O–H groups in total. The van der Waals surface area contributed by atoms with Crippen molar-refractivity contribution in [2.24, 2.45) is 4.99 Å². The number of nitro groups is 2. The molecular weight excluding hydrogens is 358 g/mol. The van der Waals surface area contributed by atoms with E-state index in [1.165, 1.54) is 55.7 Å². The first-order chi connectivity index (χ1) is 12.9. The molecule has 0 amide bonds. The number of ether oxygens (including phenoxy) is 2. The Labute approximate surface area is 151 Å². The number of aliphatic imine (C=N–C) groups is 1. The molecule has 0 bridgehead atoms. The molecule has 0 radical (unpaired) electrons. The topological polar surface area (TPSA) is 134 Å². The lowest BCUT2D eigenvalue weighted by Gasteiger charge is -2.02. The maximum Gasteiger partial charge on any atom is 0.363 e. The molecule has 1 heterocycles. The van der Waals surface area contributed by atoms with E-state index in [0.717, 1.165) is 0 Å². The van der Waals surface area contributed by atoms with Crippen LogP contribution >= 0.6 is 0 Å². The van der Waals surface area contributed by atoms with Crippen LogP contribution in [0.15, 0.2) is 53.2 Å². The van der Waals surface area contributed by atoms with Gasteiger partial charge in [-0.25, -0.2) is 9.79 Å². The van der Waals surface area contributed by atoms with E-state index in [2.05, 4.69) is 4.99 Å². The number of carbonyl (C=O) groups excluding carboxylic acids is 1. The number of cyclic esters (lactones) is 1. The van der Waals surface area contributed by atoms with Crippen molar-refractivity contribution in [2.45, 2.75) is 0 Å². The van der Waals surface area contributed by atoms with Gasteiger partial charge in [-0.2, -0.15) is 0 Å². The number of esters is 1. The fourth-order valence-electron chi connectivity index (χ4n) is 2.38. The summed E-state index contributed by atoms with van der Waals surface area (Å²) in [5, 5.41) is 21.9. The maximum atomic E-state index is 12.0. The highest BCUT2D eigenvalue weighted by molar-refractivity contribution is 6.13. The second kappa shape index (κ2) is 7.04. The number of hydrogen-bond acceptors (Lipinski definition) is 8. The molecule has 1 aliphatic heterocycles. The Morgan fingerprint density at radius 2 is 1.89 bits per heavy atom. The summed E-state index contributed by atoms with van der Waals surface area (Å²) in [6.45, 7) is 0. The standard InChI is InChI=1S/C17H11N3O7/c1-26-15-6-5-10(8-14(15)20(24)25)7-13-17(21)27-16(18-13)11-3-2-4-12(9-11)19(22)23/h2-9H,1H3/b13-7+. The molecule has 136 valence electrons. The van der Waals surface area contributed by atoms with Gasteiger partial charge in [0.05, 0.1) is 17.0 Å². The van der Waals surface area contributed by atoms with Crippen LogP contribution in [-0.2, 0) is 9.53 Å². The van der Waals surface area contributed by atoms with Gasteiger partial charge in [0.2, 0.25) is 5.90 Å². The summed E-state index contributed by atoms with van der Waals surface area (Å²) in [6, 6.07) is 9.64. The van der Waals surface area contributed by atoms with Crippen molar-refractivity contribution < 1.29 is 24.1 Å². The quantitative estimate of drug-likeness (QED) is 0.342. The number of non-ortho nitro benzene ring substituents is 1. The SMILES string of the molecule is COc1ccc(/C=C2/N=C(c3cccc([N+](=O)[O-])c3)OC2=O)cc1[N+](=O)[O-]. The van der Waals surface area contributed by atoms with Gasteiger partial charge in [-0.3, -0.25) is 20.2 Å². The molecule has 10 nitrogen and oxygen atoms in total. The van der Waals surface area contributed by atoms with Crippen LogP contribution in [0.3, 0.4) is 0 Å². The van der Waals surface area contributed by atoms with Crippen molar-refractivity contribution >= 4 is 29.3 Å². The second-order valence-electron chi connectivity index (χ2n) is 5.33. The smallest absolute Gasteiger partial charge is 0.363 e. The molecule has 0 fully saturated rings. The Morgan fingerprint density at radius 1 is 1.11 bits per heavy atom. The van der Waals surface area contributed by atoms with Gasteiger partial charge in [0, 0.05) is 23.8 Å². The van der Waals surface area contributed by atoms with Crippen LogP contribution < -0.4 is 4.74 Å². The van der Waals surface area contributed by atoms with Crippen LogP contribution in [0.4, 0.5) is 11.4 Å². The highest BCUT2D eigenvalue weighted by Crippen LogP contribution is 2.29. The predicted octanol–water partition coefficient (Wildman–Crippen LogP) is 2.86. The third kappa shape index (κ3) is 3.63. The molecule has 2 aromatic rings. The molecule has 2 aromatic carbocycles. The number of nitro benzene ring substituents is 2. The second-order valence-corrected chi connectivity index (χ2v) is 5.33. The Kier molecular flexibility index (Phi) is 4.62. The van der Waals surface area contributed by atoms with Crippen LogP contribution in [0.1, 0.15) is 11.1 Å². The van der Waals surface area contributed by atoms with E-state index in [4.69, 9.17) is 9.47 Å². The zero-order chi connectivity index (χ0) is 19.6. The molecule has 0 atom stereocenters. The van der Waals surface area contributed by atoms with Gasteiger partial charge < -0.3 is 9.47 Å². The molecule has 0 unspecified atom stereocenters. The summed E-state index contributed by atoms with van der Waals surface area (Å²) in [7, 11) is 1.31. The molecule has 3 rings (SSSR count). The number of methoxy groups -OCH3 is 1. The summed E-state index contributed by atoms with van der Waals surface area (Å²) >= 11 is 0. The molecule has 1 aliphatic rings. The van der Waals surface area contributed by atoms with Crippen molar-refractivity contribution in [3.8, 4) is 5.75 Å². The zero-order valence-electron chi connectivity index (χ0n) is 13.8. The molecule has 0 aromatic heterocycles. The van der Waals surface area contributed by atoms with Crippen molar-refractivity contribution in [1.82, 2.24) is 0 Å². The van der Waals surface area contributed by atoms with E-state index >= 15 is 0 Å². The van der Waals surface area contributed by atoms with Crippen LogP contribution in [0, 0.1) is 20.2 Å². The van der Waals surface area contributed by atoms with Gasteiger partial charge in [-0.15, -0.1) is 0 Å². The highest BCUT2D eigenvalue weighted by atomic mass is 16.6. The molecule has 10 heteroatoms. The van der Waals surface area contributed by atoms with Crippen LogP contribution in [0.2, 0.25) is 0 Å². The van der Waals surface area contributed by atoms with Crippen molar-refractivity contribution in [3.05, 3.63) is 79.5 Å². The third-order valence-electron chi connectivity index (χ3n) is 3.63. The minimum Gasteiger partial charge on any atom is -0.490 e. The minimum atomic E-state index is -0.769. The van der Waals surface area contributed by atoms with Crippen LogP contribution in [0.5, 0.6) is 5.75 Å². The largest absolute Gasteiger partial charge is 0.490 e. The molecule has 0 aliphatic carbocycles. The number of carbonyl (C=O) groups is 1. The van der Waals surface area contributed by atoms with Crippen molar-refractivity contribution in [3.63, 3.8) is 0 Å². The van der Waals surface area contributed by atoms with Crippen molar-refractivity contribution in [1.29, 1.82) is 0 Å². The summed E-state index contributed by atoms with van der Waals surface area (Å²) in [5.41, 5.74) is 0.0895. The molecule has 0 spiro atoms. The van der Waals surface area contributed by atoms with Gasteiger partial charge >= 0.3 is 11.7 Å². The van der Waals surface area contributed by atoms with E-state index in [1.54, 1.807) is 0 Å². The van der Waals surface area contributed by atoms with Crippen LogP contribution in [-0.4, -0.2) is 28.8 Å². The lowest BCUT2D eigenvalue weighted by atomic mass is 10.1. The first-order valence-corrected chi connectivity index (χ1v) is 7.49.